The van der Waals surface area contributed by atoms with Crippen molar-refractivity contribution in [2.24, 2.45) is 5.73 Å². The van der Waals surface area contributed by atoms with E-state index >= 15 is 0 Å². The number of carbonyl (C=O) groups is 2. The fourth-order valence-electron chi connectivity index (χ4n) is 3.68. The Morgan fingerprint density at radius 3 is 2.39 bits per heavy atom. The zero-order valence-corrected chi connectivity index (χ0v) is 20.4. The van der Waals surface area contributed by atoms with Gasteiger partial charge in [-0.1, -0.05) is 73.9 Å². The van der Waals surface area contributed by atoms with Gasteiger partial charge in [0.25, 0.3) is 0 Å². The normalized spacial score (nSPS) is 14.9. The van der Waals surface area contributed by atoms with E-state index in [1.807, 2.05) is 42.5 Å². The quantitative estimate of drug-likeness (QED) is 0.394. The van der Waals surface area contributed by atoms with Gasteiger partial charge in [-0.05, 0) is 5.57 Å². The average molecular weight is 488 g/mol. The number of allylic oxidation sites excluding steroid dienone is 5. The Bertz CT molecular complexity index is 1120. The van der Waals surface area contributed by atoms with Crippen LogP contribution >= 0.6 is 0 Å². The summed E-state index contributed by atoms with van der Waals surface area (Å²) >= 11 is 0. The monoisotopic (exact) mass is 487 g/mol. The first-order valence-corrected chi connectivity index (χ1v) is 11.8. The van der Waals surface area contributed by atoms with E-state index < -0.39 is 5.91 Å². The van der Waals surface area contributed by atoms with Crippen LogP contribution in [0.15, 0.2) is 85.5 Å². The van der Waals surface area contributed by atoms with E-state index in [2.05, 4.69) is 49.6 Å². The highest BCUT2D eigenvalue weighted by molar-refractivity contribution is 5.92. The number of hydrogen-bond donors (Lipinski definition) is 3. The van der Waals surface area contributed by atoms with Crippen molar-refractivity contribution in [2.45, 2.75) is 0 Å². The molecule has 4 N–H and O–H groups in total. The Hall–Kier alpha value is -4.08. The Morgan fingerprint density at radius 1 is 1.03 bits per heavy atom. The lowest BCUT2D eigenvalue weighted by Crippen LogP contribution is -2.48. The minimum Gasteiger partial charge on any atom is -0.368 e. The summed E-state index contributed by atoms with van der Waals surface area (Å²) in [5.74, 6) is 0.526. The molecule has 9 heteroatoms. The van der Waals surface area contributed by atoms with Crippen molar-refractivity contribution in [3.05, 3.63) is 85.5 Å². The van der Waals surface area contributed by atoms with Crippen LogP contribution in [0, 0.1) is 0 Å². The molecule has 0 saturated carbocycles. The molecule has 1 aliphatic rings. The van der Waals surface area contributed by atoms with Gasteiger partial charge in [-0.25, -0.2) is 9.97 Å². The van der Waals surface area contributed by atoms with Gasteiger partial charge in [0, 0.05) is 44.4 Å². The highest BCUT2D eigenvalue weighted by Crippen LogP contribution is 2.20. The van der Waals surface area contributed by atoms with Gasteiger partial charge in [-0.15, -0.1) is 0 Å². The second-order valence-corrected chi connectivity index (χ2v) is 8.28. The Labute approximate surface area is 212 Å². The Morgan fingerprint density at radius 2 is 1.72 bits per heavy atom. The number of piperazine rings is 1. The maximum Gasteiger partial charge on any atom is 0.239 e. The van der Waals surface area contributed by atoms with Gasteiger partial charge in [0.05, 0.1) is 13.1 Å². The second kappa shape index (κ2) is 13.7. The van der Waals surface area contributed by atoms with Gasteiger partial charge in [0.2, 0.25) is 11.8 Å². The number of nitrogens with two attached hydrogens (primary N) is 1. The van der Waals surface area contributed by atoms with Crippen molar-refractivity contribution in [2.75, 3.05) is 56.4 Å². The molecule has 1 aromatic carbocycles. The molecule has 0 radical (unpaired) electrons. The van der Waals surface area contributed by atoms with E-state index in [4.69, 9.17) is 5.73 Å². The number of nitrogens with zero attached hydrogens (tertiary/aromatic N) is 4. The van der Waals surface area contributed by atoms with Crippen molar-refractivity contribution in [3.8, 4) is 11.4 Å². The van der Waals surface area contributed by atoms with Crippen LogP contribution in [0.1, 0.15) is 0 Å². The highest BCUT2D eigenvalue weighted by Gasteiger charge is 2.19. The van der Waals surface area contributed by atoms with Crippen LogP contribution in [0.3, 0.4) is 0 Å². The molecular formula is C27H33N7O2. The summed E-state index contributed by atoms with van der Waals surface area (Å²) in [6.45, 7) is 11.9. The van der Waals surface area contributed by atoms with Crippen LogP contribution in [0.25, 0.3) is 11.4 Å². The van der Waals surface area contributed by atoms with Gasteiger partial charge in [-0.3, -0.25) is 19.4 Å². The Balaban J connectivity index is 1.56. The van der Waals surface area contributed by atoms with E-state index in [1.54, 1.807) is 18.2 Å². The van der Waals surface area contributed by atoms with Crippen molar-refractivity contribution in [1.82, 2.24) is 19.8 Å². The number of amides is 2. The highest BCUT2D eigenvalue weighted by atomic mass is 16.2. The largest absolute Gasteiger partial charge is 0.368 e. The molecule has 1 saturated heterocycles. The smallest absolute Gasteiger partial charge is 0.239 e. The maximum atomic E-state index is 12.8. The minimum absolute atomic E-state index is 0.0719. The van der Waals surface area contributed by atoms with E-state index in [0.717, 1.165) is 43.9 Å². The molecular weight excluding hydrogens is 454 g/mol. The van der Waals surface area contributed by atoms with Gasteiger partial charge in [0.15, 0.2) is 5.82 Å². The Kier molecular flexibility index (Phi) is 10.1. The molecule has 9 nitrogen and oxygen atoms in total. The van der Waals surface area contributed by atoms with Crippen LogP contribution in [-0.4, -0.2) is 77.4 Å². The number of primary amides is 1. The first-order valence-electron chi connectivity index (χ1n) is 11.8. The molecule has 2 amide bonds. The lowest BCUT2D eigenvalue weighted by molar-refractivity contribution is -0.118. The number of rotatable bonds is 12. The van der Waals surface area contributed by atoms with Crippen LogP contribution in [-0.2, 0) is 9.59 Å². The lowest BCUT2D eigenvalue weighted by Gasteiger charge is -2.33. The molecule has 1 fully saturated rings. The number of anilines is 2. The molecule has 36 heavy (non-hydrogen) atoms. The van der Waals surface area contributed by atoms with E-state index in [0.29, 0.717) is 17.5 Å². The summed E-state index contributed by atoms with van der Waals surface area (Å²) in [6.07, 6.45) is 9.60. The summed E-state index contributed by atoms with van der Waals surface area (Å²) in [5, 5.41) is 5.74. The van der Waals surface area contributed by atoms with Crippen molar-refractivity contribution in [3.63, 3.8) is 0 Å². The summed E-state index contributed by atoms with van der Waals surface area (Å²) in [7, 11) is 0. The number of nitrogens with one attached hydrogen (secondary N) is 2. The zero-order chi connectivity index (χ0) is 25.8. The van der Waals surface area contributed by atoms with Gasteiger partial charge in [0.1, 0.15) is 11.6 Å². The number of carbonyl (C=O) groups excluding carboxylic acids is 2. The number of benzene rings is 1. The second-order valence-electron chi connectivity index (χ2n) is 8.28. The molecule has 0 spiro atoms. The molecule has 2 heterocycles. The predicted octanol–water partition coefficient (Wildman–Crippen LogP) is 2.45. The third-order valence-corrected chi connectivity index (χ3v) is 5.52. The summed E-state index contributed by atoms with van der Waals surface area (Å²) < 4.78 is 0. The van der Waals surface area contributed by atoms with Crippen molar-refractivity contribution >= 4 is 23.5 Å². The van der Waals surface area contributed by atoms with E-state index in [9.17, 15) is 9.59 Å². The SMILES string of the molecule is C=C/C=C(\C=C)C=CCN1CCN(CC(=O)Nc2cc(NCC(N)=O)nc(-c3ccccc3)n2)CC1. The third-order valence-electron chi connectivity index (χ3n) is 5.52. The number of aromatic nitrogens is 2. The average Bonchev–Trinajstić information content (AvgIpc) is 2.88. The van der Waals surface area contributed by atoms with Gasteiger partial charge < -0.3 is 16.4 Å². The van der Waals surface area contributed by atoms with Gasteiger partial charge in [-0.2, -0.15) is 0 Å². The van der Waals surface area contributed by atoms with Crippen LogP contribution < -0.4 is 16.4 Å². The molecule has 0 unspecified atom stereocenters. The van der Waals surface area contributed by atoms with E-state index in [-0.39, 0.29) is 19.0 Å². The lowest BCUT2D eigenvalue weighted by atomic mass is 10.2. The molecule has 0 aliphatic carbocycles. The molecule has 1 aromatic heterocycles. The molecule has 188 valence electrons. The standard InChI is InChI=1S/C27H33N7O2/c1-3-9-21(4-2)10-8-13-33-14-16-34(17-15-33)20-26(36)30-25-18-24(29-19-23(28)35)31-27(32-25)22-11-6-5-7-12-22/h3-12,18H,1-2,13-17,19-20H2,(H2,28,35)(H2,29,30,31,32,36)/b10-8?,21-9+. The summed E-state index contributed by atoms with van der Waals surface area (Å²) in [5.41, 5.74) is 7.06. The number of hydrogen-bond acceptors (Lipinski definition) is 7. The summed E-state index contributed by atoms with van der Waals surface area (Å²) in [4.78, 5) is 37.4. The minimum atomic E-state index is -0.510. The molecule has 3 rings (SSSR count). The van der Waals surface area contributed by atoms with Crippen LogP contribution in [0.4, 0.5) is 11.6 Å². The first-order chi connectivity index (χ1) is 17.5. The third kappa shape index (κ3) is 8.61. The first kappa shape index (κ1) is 26.5. The molecule has 1 aliphatic heterocycles. The fraction of sp³-hybridized carbons (Fsp3) is 0.259. The van der Waals surface area contributed by atoms with Crippen LogP contribution in [0.2, 0.25) is 0 Å². The van der Waals surface area contributed by atoms with Gasteiger partial charge >= 0.3 is 0 Å². The van der Waals surface area contributed by atoms with E-state index in [1.165, 1.54) is 0 Å². The molecule has 2 aromatic rings. The van der Waals surface area contributed by atoms with Crippen molar-refractivity contribution in [1.29, 1.82) is 0 Å². The summed E-state index contributed by atoms with van der Waals surface area (Å²) in [6, 6.07) is 11.0. The van der Waals surface area contributed by atoms with Crippen molar-refractivity contribution < 1.29 is 9.59 Å². The topological polar surface area (TPSA) is 116 Å². The molecule has 0 atom stereocenters. The fourth-order valence-corrected chi connectivity index (χ4v) is 3.68. The molecule has 0 bridgehead atoms. The van der Waals surface area contributed by atoms with Crippen LogP contribution in [0.5, 0.6) is 0 Å². The zero-order valence-electron chi connectivity index (χ0n) is 20.4. The predicted molar refractivity (Wildman–Crippen MR) is 144 cm³/mol. The maximum absolute atomic E-state index is 12.8.